The number of aromatic nitrogens is 6. The van der Waals surface area contributed by atoms with E-state index in [4.69, 9.17) is 16.2 Å². The van der Waals surface area contributed by atoms with Crippen LogP contribution in [0.25, 0.3) is 11.2 Å². The van der Waals surface area contributed by atoms with Gasteiger partial charge < -0.3 is 42.2 Å². The third-order valence-corrected chi connectivity index (χ3v) is 11.0. The highest BCUT2D eigenvalue weighted by Crippen LogP contribution is 2.32. The molecule has 2 saturated heterocycles. The lowest BCUT2D eigenvalue weighted by Gasteiger charge is -2.36. The number of H-pyrrole nitrogens is 1. The third kappa shape index (κ3) is 6.57. The van der Waals surface area contributed by atoms with Crippen LogP contribution in [0.15, 0.2) is 22.4 Å². The second-order valence-corrected chi connectivity index (χ2v) is 14.9. The summed E-state index contributed by atoms with van der Waals surface area (Å²) in [4.78, 5) is 61.9. The number of nitrogens with zero attached hydrogens (tertiary/aromatic N) is 7. The molecule has 3 aromatic heterocycles. The number of aliphatic imine (C=N–C) groups is 1. The first-order chi connectivity index (χ1) is 23.6. The number of carboxylic acids is 1. The molecule has 6 rings (SSSR count). The number of nitrogen functional groups attached to an aromatic ring is 2. The molecule has 6 heterocycles. The van der Waals surface area contributed by atoms with E-state index in [1.165, 1.54) is 17.2 Å². The lowest BCUT2D eigenvalue weighted by Crippen LogP contribution is -2.91. The number of aliphatic hydroxyl groups is 2. The average Bonchev–Trinajstić information content (AvgIpc) is 3.60. The third-order valence-electron chi connectivity index (χ3n) is 9.03. The number of aliphatic hydroxyl groups excluding tert-OH is 2. The SMILES string of the molecule is CC1(C)Nc2nc(N)[nH]c(=O)c2N=C1C(=O)NCCN1CCC(S(=O)(=O)[NH2+]C[C@H]2O[C@@H](n3cnc4c(N)ncnc43)[C@@H](O)[C@H]2O)CC1C(=O)O. The molecule has 50 heavy (non-hydrogen) atoms. The monoisotopic (exact) mass is 720 g/mol. The van der Waals surface area contributed by atoms with Crippen molar-refractivity contribution in [1.82, 2.24) is 39.7 Å². The summed E-state index contributed by atoms with van der Waals surface area (Å²) in [5, 5.41) is 36.0. The second kappa shape index (κ2) is 13.1. The van der Waals surface area contributed by atoms with Crippen LogP contribution >= 0.6 is 0 Å². The summed E-state index contributed by atoms with van der Waals surface area (Å²) in [6.07, 6.45) is -2.70. The van der Waals surface area contributed by atoms with Crippen molar-refractivity contribution in [1.29, 1.82) is 0 Å². The van der Waals surface area contributed by atoms with Gasteiger partial charge in [0.15, 0.2) is 29.2 Å². The maximum absolute atomic E-state index is 13.4. The van der Waals surface area contributed by atoms with Crippen molar-refractivity contribution in [3.63, 3.8) is 0 Å². The van der Waals surface area contributed by atoms with Gasteiger partial charge in [0.1, 0.15) is 53.7 Å². The lowest BCUT2D eigenvalue weighted by molar-refractivity contribution is -0.510. The van der Waals surface area contributed by atoms with Gasteiger partial charge in [0.2, 0.25) is 5.95 Å². The predicted octanol–water partition coefficient (Wildman–Crippen LogP) is -4.40. The predicted molar refractivity (Wildman–Crippen MR) is 174 cm³/mol. The van der Waals surface area contributed by atoms with Gasteiger partial charge in [-0.25, -0.2) is 24.7 Å². The molecule has 0 spiro atoms. The zero-order valence-electron chi connectivity index (χ0n) is 26.9. The Labute approximate surface area is 283 Å². The molecule has 3 aliphatic heterocycles. The number of hydrogen-bond donors (Lipinski definition) is 9. The molecule has 270 valence electrons. The average molecular weight is 721 g/mol. The number of carbonyl (C=O) groups is 2. The standard InChI is InChI=1S/C27H37N13O9S/c1-27(2)18(35-15-20(38-27)36-26(29)37-22(15)43)23(44)30-4-6-39-5-3-11(7-12(39)25(45)46)50(47,48)34-8-13-16(41)17(42)24(49-13)40-10-33-14-19(28)31-9-32-21(14)40/h9-13,16-17,24,34,41-42H,3-8H2,1-2H3,(H,30,44)(H,45,46)(H2,28,31,32)(H4,29,36,37,38,43)/p+1/t11?,12?,13-,16+,17+,24-/m1/s1. The number of fused-ring (bicyclic) bond motifs is 2. The van der Waals surface area contributed by atoms with Gasteiger partial charge in [-0.3, -0.25) is 28.8 Å². The Bertz CT molecular complexity index is 2020. The maximum Gasteiger partial charge on any atom is 0.320 e. The van der Waals surface area contributed by atoms with Crippen molar-refractivity contribution in [3.05, 3.63) is 23.0 Å². The Kier molecular flexibility index (Phi) is 9.21. The number of amides is 1. The van der Waals surface area contributed by atoms with Gasteiger partial charge >= 0.3 is 5.97 Å². The molecule has 3 aromatic rings. The fraction of sp³-hybridized carbons (Fsp3) is 0.556. The summed E-state index contributed by atoms with van der Waals surface area (Å²) in [5.74, 6) is -1.69. The Morgan fingerprint density at radius 2 is 1.96 bits per heavy atom. The van der Waals surface area contributed by atoms with Gasteiger partial charge in [-0.05, 0) is 26.7 Å². The number of carbonyl (C=O) groups excluding carboxylic acids is 1. The van der Waals surface area contributed by atoms with Crippen molar-refractivity contribution in [2.45, 2.75) is 68.1 Å². The van der Waals surface area contributed by atoms with Crippen LogP contribution in [0, 0.1) is 0 Å². The molecule has 1 amide bonds. The minimum Gasteiger partial charge on any atom is -0.480 e. The molecule has 0 bridgehead atoms. The Morgan fingerprint density at radius 1 is 1.20 bits per heavy atom. The molecular weight excluding hydrogens is 682 g/mol. The number of aromatic amines is 1. The number of ether oxygens (including phenoxy) is 1. The molecule has 0 aliphatic carbocycles. The van der Waals surface area contributed by atoms with E-state index in [0.29, 0.717) is 0 Å². The van der Waals surface area contributed by atoms with Gasteiger partial charge in [-0.2, -0.15) is 13.4 Å². The van der Waals surface area contributed by atoms with Crippen LogP contribution in [-0.4, -0.2) is 137 Å². The number of sulfonamides is 1. The fourth-order valence-electron chi connectivity index (χ4n) is 6.39. The minimum atomic E-state index is -3.98. The largest absolute Gasteiger partial charge is 0.480 e. The summed E-state index contributed by atoms with van der Waals surface area (Å²) >= 11 is 0. The van der Waals surface area contributed by atoms with Crippen molar-refractivity contribution < 1.29 is 42.8 Å². The van der Waals surface area contributed by atoms with E-state index in [1.807, 2.05) is 0 Å². The zero-order chi connectivity index (χ0) is 36.1. The molecule has 22 nitrogen and oxygen atoms in total. The van der Waals surface area contributed by atoms with Gasteiger partial charge in [-0.15, -0.1) is 0 Å². The number of likely N-dealkylation sites (tertiary alicyclic amines) is 1. The quantitative estimate of drug-likeness (QED) is 0.0954. The molecular formula is C27H38N13O9S+. The molecule has 0 radical (unpaired) electrons. The zero-order valence-corrected chi connectivity index (χ0v) is 27.7. The molecule has 0 aromatic carbocycles. The number of imidazole rings is 1. The Morgan fingerprint density at radius 3 is 2.70 bits per heavy atom. The topological polar surface area (TPSA) is 336 Å². The second-order valence-electron chi connectivity index (χ2n) is 12.8. The van der Waals surface area contributed by atoms with E-state index in [1.54, 1.807) is 18.7 Å². The molecule has 3 aliphatic rings. The van der Waals surface area contributed by atoms with Crippen molar-refractivity contribution in [2.75, 3.05) is 43.0 Å². The number of primary sulfonamides is 1. The van der Waals surface area contributed by atoms with Crippen molar-refractivity contribution >= 4 is 62.0 Å². The maximum atomic E-state index is 13.4. The summed E-state index contributed by atoms with van der Waals surface area (Å²) < 4.78 is 35.0. The molecule has 2 fully saturated rings. The van der Waals surface area contributed by atoms with Crippen LogP contribution < -0.4 is 32.4 Å². The first-order valence-corrected chi connectivity index (χ1v) is 17.2. The number of hydrogen-bond acceptors (Lipinski definition) is 17. The lowest BCUT2D eigenvalue weighted by atomic mass is 9.95. The van der Waals surface area contributed by atoms with Crippen molar-refractivity contribution in [3.8, 4) is 0 Å². The van der Waals surface area contributed by atoms with Crippen LogP contribution in [0.5, 0.6) is 0 Å². The highest BCUT2D eigenvalue weighted by atomic mass is 32.2. The number of rotatable bonds is 10. The highest BCUT2D eigenvalue weighted by Gasteiger charge is 2.47. The first kappa shape index (κ1) is 35.0. The summed E-state index contributed by atoms with van der Waals surface area (Å²) in [6, 6.07) is -1.16. The minimum absolute atomic E-state index is 0.00411. The van der Waals surface area contributed by atoms with E-state index >= 15 is 0 Å². The molecule has 23 heteroatoms. The normalized spacial score (nSPS) is 26.6. The smallest absolute Gasteiger partial charge is 0.320 e. The Hall–Kier alpha value is -4.81. The Balaban J connectivity index is 1.04. The number of aliphatic carboxylic acids is 1. The summed E-state index contributed by atoms with van der Waals surface area (Å²) in [6.45, 7) is 3.27. The number of nitrogens with two attached hydrogens (primary N) is 3. The van der Waals surface area contributed by atoms with E-state index in [-0.39, 0.29) is 79.2 Å². The molecule has 0 saturated carbocycles. The van der Waals surface area contributed by atoms with Gasteiger partial charge in [0.25, 0.3) is 21.5 Å². The highest BCUT2D eigenvalue weighted by molar-refractivity contribution is 7.85. The van der Waals surface area contributed by atoms with Crippen LogP contribution in [0.4, 0.5) is 23.3 Å². The number of nitrogens with one attached hydrogen (secondary N) is 3. The number of carboxylic acid groups (broad SMARTS) is 1. The van der Waals surface area contributed by atoms with E-state index in [9.17, 15) is 38.1 Å². The van der Waals surface area contributed by atoms with Crippen molar-refractivity contribution in [2.24, 2.45) is 4.99 Å². The molecule has 6 atom stereocenters. The van der Waals surface area contributed by atoms with E-state index in [0.717, 1.165) is 4.72 Å². The molecule has 12 N–H and O–H groups in total. The number of anilines is 3. The van der Waals surface area contributed by atoms with E-state index < -0.39 is 68.8 Å². The summed E-state index contributed by atoms with van der Waals surface area (Å²) in [7, 11) is -3.98. The summed E-state index contributed by atoms with van der Waals surface area (Å²) in [5.41, 5.74) is 10.2. The fourth-order valence-corrected chi connectivity index (χ4v) is 8.01. The number of piperidine rings is 1. The first-order valence-electron chi connectivity index (χ1n) is 15.6. The van der Waals surface area contributed by atoms with Crippen LogP contribution in [0.3, 0.4) is 0 Å². The van der Waals surface area contributed by atoms with Gasteiger partial charge in [0, 0.05) is 19.6 Å². The van der Waals surface area contributed by atoms with E-state index in [2.05, 4.69) is 40.5 Å². The van der Waals surface area contributed by atoms with Gasteiger partial charge in [0.05, 0.1) is 11.9 Å². The van der Waals surface area contributed by atoms with Gasteiger partial charge in [-0.1, -0.05) is 0 Å². The molecule has 2 unspecified atom stereocenters. The van der Waals surface area contributed by atoms with Crippen LogP contribution in [-0.2, 0) is 24.3 Å². The van der Waals surface area contributed by atoms with Crippen LogP contribution in [0.2, 0.25) is 0 Å². The number of quaternary nitrogens is 1. The van der Waals surface area contributed by atoms with Crippen LogP contribution in [0.1, 0.15) is 32.9 Å².